The maximum absolute atomic E-state index is 2.35. The molecule has 0 aromatic carbocycles. The van der Waals surface area contributed by atoms with Gasteiger partial charge in [0, 0.05) is 0 Å². The monoisotopic (exact) mass is 119 g/mol. The molecule has 1 atom stereocenters. The Balaban J connectivity index is 2.05. The third-order valence-corrected chi connectivity index (χ3v) is 2.17. The summed E-state index contributed by atoms with van der Waals surface area (Å²) in [5.74, 6) is 0.815. The van der Waals surface area contributed by atoms with Crippen LogP contribution >= 0.6 is 0 Å². The molecular weight excluding hydrogens is 108 g/mol. The maximum atomic E-state index is 2.35. The SMILES string of the molecule is [CH]1C=C(C2C=CCC2)C1. The third-order valence-electron chi connectivity index (χ3n) is 2.17. The molecule has 0 heteroatoms. The molecule has 47 valence electrons. The first-order valence-corrected chi connectivity index (χ1v) is 3.66. The van der Waals surface area contributed by atoms with Crippen molar-refractivity contribution >= 4 is 0 Å². The second-order valence-electron chi connectivity index (χ2n) is 2.79. The van der Waals surface area contributed by atoms with Gasteiger partial charge in [0.2, 0.25) is 0 Å². The van der Waals surface area contributed by atoms with Crippen molar-refractivity contribution in [2.24, 2.45) is 5.92 Å². The first-order valence-electron chi connectivity index (χ1n) is 3.66. The van der Waals surface area contributed by atoms with Crippen molar-refractivity contribution in [1.29, 1.82) is 0 Å². The van der Waals surface area contributed by atoms with Crippen molar-refractivity contribution in [1.82, 2.24) is 0 Å². The second-order valence-corrected chi connectivity index (χ2v) is 2.79. The van der Waals surface area contributed by atoms with Crippen molar-refractivity contribution in [3.05, 3.63) is 30.2 Å². The maximum Gasteiger partial charge on any atom is -0.00200 e. The van der Waals surface area contributed by atoms with Crippen molar-refractivity contribution in [2.45, 2.75) is 19.3 Å². The molecule has 0 fully saturated rings. The Hall–Kier alpha value is -0.520. The molecule has 0 saturated carbocycles. The number of hydrogen-bond acceptors (Lipinski definition) is 0. The predicted octanol–water partition coefficient (Wildman–Crippen LogP) is 2.49. The lowest BCUT2D eigenvalue weighted by Crippen LogP contribution is -2.04. The van der Waals surface area contributed by atoms with Gasteiger partial charge in [-0.3, -0.25) is 0 Å². The van der Waals surface area contributed by atoms with Crippen LogP contribution in [0.3, 0.4) is 0 Å². The van der Waals surface area contributed by atoms with Gasteiger partial charge in [-0.2, -0.15) is 0 Å². The summed E-state index contributed by atoms with van der Waals surface area (Å²) in [7, 11) is 0. The van der Waals surface area contributed by atoms with Crippen molar-refractivity contribution in [3.63, 3.8) is 0 Å². The van der Waals surface area contributed by atoms with E-state index in [0.717, 1.165) is 5.92 Å². The molecule has 9 heavy (non-hydrogen) atoms. The van der Waals surface area contributed by atoms with Gasteiger partial charge < -0.3 is 0 Å². The first-order chi connectivity index (χ1) is 4.47. The van der Waals surface area contributed by atoms with Crippen molar-refractivity contribution < 1.29 is 0 Å². The minimum atomic E-state index is 0.815. The Bertz CT molecular complexity index is 163. The molecule has 0 saturated heterocycles. The largest absolute Gasteiger partial charge is 0.0879 e. The van der Waals surface area contributed by atoms with Gasteiger partial charge in [0.25, 0.3) is 0 Å². The van der Waals surface area contributed by atoms with E-state index in [2.05, 4.69) is 24.6 Å². The smallest absolute Gasteiger partial charge is 0.00200 e. The molecule has 2 aliphatic carbocycles. The van der Waals surface area contributed by atoms with E-state index < -0.39 is 0 Å². The van der Waals surface area contributed by atoms with E-state index in [1.54, 1.807) is 5.57 Å². The van der Waals surface area contributed by atoms with Gasteiger partial charge in [0.05, 0.1) is 0 Å². The van der Waals surface area contributed by atoms with Crippen LogP contribution in [0.15, 0.2) is 23.8 Å². The fourth-order valence-electron chi connectivity index (χ4n) is 1.47. The number of rotatable bonds is 1. The fourth-order valence-corrected chi connectivity index (χ4v) is 1.47. The molecular formula is C9H11. The van der Waals surface area contributed by atoms with Crippen LogP contribution in [0.25, 0.3) is 0 Å². The Labute approximate surface area is 56.3 Å². The Morgan fingerprint density at radius 3 is 2.78 bits per heavy atom. The van der Waals surface area contributed by atoms with Crippen LogP contribution in [-0.2, 0) is 0 Å². The lowest BCUT2D eigenvalue weighted by atomic mass is 9.87. The number of hydrogen-bond donors (Lipinski definition) is 0. The predicted molar refractivity (Wildman–Crippen MR) is 38.9 cm³/mol. The molecule has 0 spiro atoms. The lowest BCUT2D eigenvalue weighted by Gasteiger charge is -2.18. The minimum absolute atomic E-state index is 0.815. The third kappa shape index (κ3) is 0.827. The summed E-state index contributed by atoms with van der Waals surface area (Å²) >= 11 is 0. The standard InChI is InChI=1S/C9H11/c1-2-5-8(4-1)9-6-3-7-9/h1,3-4,6,8H,2,5,7H2. The summed E-state index contributed by atoms with van der Waals surface area (Å²) in [6.07, 6.45) is 13.0. The van der Waals surface area contributed by atoms with Crippen LogP contribution in [0.5, 0.6) is 0 Å². The highest BCUT2D eigenvalue weighted by Crippen LogP contribution is 2.32. The molecule has 0 amide bonds. The quantitative estimate of drug-likeness (QED) is 0.465. The van der Waals surface area contributed by atoms with Crippen LogP contribution in [0, 0.1) is 12.3 Å². The summed E-state index contributed by atoms with van der Waals surface area (Å²) in [5.41, 5.74) is 1.64. The Kier molecular flexibility index (Phi) is 1.18. The molecule has 1 radical (unpaired) electrons. The minimum Gasteiger partial charge on any atom is -0.0879 e. The van der Waals surface area contributed by atoms with Crippen LogP contribution < -0.4 is 0 Å². The van der Waals surface area contributed by atoms with E-state index in [-0.39, 0.29) is 0 Å². The molecule has 0 aromatic rings. The normalized spacial score (nSPS) is 32.0. The topological polar surface area (TPSA) is 0 Å². The van der Waals surface area contributed by atoms with Crippen LogP contribution in [0.2, 0.25) is 0 Å². The van der Waals surface area contributed by atoms with Gasteiger partial charge in [-0.05, 0) is 31.6 Å². The highest BCUT2D eigenvalue weighted by Gasteiger charge is 2.17. The molecule has 0 aromatic heterocycles. The zero-order valence-electron chi connectivity index (χ0n) is 5.51. The van der Waals surface area contributed by atoms with E-state index in [4.69, 9.17) is 0 Å². The van der Waals surface area contributed by atoms with Gasteiger partial charge in [0.1, 0.15) is 0 Å². The molecule has 0 heterocycles. The number of allylic oxidation sites excluding steroid dienone is 4. The van der Waals surface area contributed by atoms with E-state index in [1.807, 2.05) is 0 Å². The molecule has 1 unspecified atom stereocenters. The van der Waals surface area contributed by atoms with Gasteiger partial charge >= 0.3 is 0 Å². The van der Waals surface area contributed by atoms with E-state index in [9.17, 15) is 0 Å². The summed E-state index contributed by atoms with van der Waals surface area (Å²) < 4.78 is 0. The molecule has 0 N–H and O–H groups in total. The van der Waals surface area contributed by atoms with Gasteiger partial charge in [-0.1, -0.05) is 23.8 Å². The Morgan fingerprint density at radius 2 is 2.33 bits per heavy atom. The van der Waals surface area contributed by atoms with Crippen LogP contribution in [-0.4, -0.2) is 0 Å². The summed E-state index contributed by atoms with van der Waals surface area (Å²) in [4.78, 5) is 0. The average molecular weight is 119 g/mol. The highest BCUT2D eigenvalue weighted by molar-refractivity contribution is 5.29. The van der Waals surface area contributed by atoms with Crippen molar-refractivity contribution in [2.75, 3.05) is 0 Å². The van der Waals surface area contributed by atoms with E-state index in [1.165, 1.54) is 19.3 Å². The summed E-state index contributed by atoms with van der Waals surface area (Å²) in [6.45, 7) is 0. The summed E-state index contributed by atoms with van der Waals surface area (Å²) in [6, 6.07) is 0. The summed E-state index contributed by atoms with van der Waals surface area (Å²) in [5, 5.41) is 0. The van der Waals surface area contributed by atoms with E-state index in [0.29, 0.717) is 0 Å². The molecule has 0 aliphatic heterocycles. The zero-order valence-corrected chi connectivity index (χ0v) is 5.51. The van der Waals surface area contributed by atoms with Gasteiger partial charge in [-0.25, -0.2) is 0 Å². The van der Waals surface area contributed by atoms with Gasteiger partial charge in [0.15, 0.2) is 0 Å². The lowest BCUT2D eigenvalue weighted by molar-refractivity contribution is 0.688. The molecule has 2 rings (SSSR count). The van der Waals surface area contributed by atoms with Crippen LogP contribution in [0.4, 0.5) is 0 Å². The average Bonchev–Trinajstić information content (AvgIpc) is 2.11. The highest BCUT2D eigenvalue weighted by atomic mass is 14.2. The molecule has 0 nitrogen and oxygen atoms in total. The zero-order chi connectivity index (χ0) is 6.10. The van der Waals surface area contributed by atoms with E-state index >= 15 is 0 Å². The first kappa shape index (κ1) is 5.28. The Morgan fingerprint density at radius 1 is 1.44 bits per heavy atom. The molecule has 0 bridgehead atoms. The fraction of sp³-hybridized carbons (Fsp3) is 0.444. The van der Waals surface area contributed by atoms with Crippen molar-refractivity contribution in [3.8, 4) is 0 Å². The molecule has 2 aliphatic rings. The van der Waals surface area contributed by atoms with Crippen LogP contribution in [0.1, 0.15) is 19.3 Å². The van der Waals surface area contributed by atoms with Gasteiger partial charge in [-0.15, -0.1) is 0 Å². The second kappa shape index (κ2) is 2.02.